The maximum Gasteiger partial charge on any atom is 0.243 e. The van der Waals surface area contributed by atoms with Crippen LogP contribution in [0.5, 0.6) is 0 Å². The first-order chi connectivity index (χ1) is 7.51. The summed E-state index contributed by atoms with van der Waals surface area (Å²) in [5, 5.41) is 0. The highest BCUT2D eigenvalue weighted by Gasteiger charge is 2.32. The second-order valence-electron chi connectivity index (χ2n) is 4.06. The summed E-state index contributed by atoms with van der Waals surface area (Å²) in [6.45, 7) is 2.60. The number of sulfonamides is 1. The van der Waals surface area contributed by atoms with E-state index < -0.39 is 10.0 Å². The molecule has 0 N–H and O–H groups in total. The quantitative estimate of drug-likeness (QED) is 0.842. The lowest BCUT2D eigenvalue weighted by molar-refractivity contribution is 0.408. The van der Waals surface area contributed by atoms with Gasteiger partial charge in [0.2, 0.25) is 10.0 Å². The van der Waals surface area contributed by atoms with Gasteiger partial charge in [-0.25, -0.2) is 8.42 Å². The highest BCUT2D eigenvalue weighted by molar-refractivity contribution is 9.10. The van der Waals surface area contributed by atoms with Crippen LogP contribution in [-0.2, 0) is 10.0 Å². The number of halogens is 1. The molecule has 1 heterocycles. The van der Waals surface area contributed by atoms with Crippen LogP contribution in [0.1, 0.15) is 19.8 Å². The summed E-state index contributed by atoms with van der Waals surface area (Å²) in [6.07, 6.45) is 1.91. The summed E-state index contributed by atoms with van der Waals surface area (Å²) in [5.74, 6) is 0. The van der Waals surface area contributed by atoms with Gasteiger partial charge in [-0.2, -0.15) is 4.31 Å². The maximum atomic E-state index is 12.3. The van der Waals surface area contributed by atoms with E-state index in [4.69, 9.17) is 0 Å². The zero-order valence-electron chi connectivity index (χ0n) is 9.06. The van der Waals surface area contributed by atoms with E-state index in [0.29, 0.717) is 11.4 Å². The van der Waals surface area contributed by atoms with Crippen LogP contribution in [0.3, 0.4) is 0 Å². The van der Waals surface area contributed by atoms with Crippen LogP contribution < -0.4 is 0 Å². The van der Waals surface area contributed by atoms with E-state index in [1.807, 2.05) is 6.92 Å². The average Bonchev–Trinajstić information content (AvgIpc) is 2.66. The van der Waals surface area contributed by atoms with Crippen LogP contribution in [0.2, 0.25) is 0 Å². The SMILES string of the molecule is CC1CCCN1S(=O)(=O)c1ccc(Br)cc1. The van der Waals surface area contributed by atoms with Gasteiger partial charge in [-0.15, -0.1) is 0 Å². The first kappa shape index (κ1) is 12.1. The Labute approximate surface area is 105 Å². The van der Waals surface area contributed by atoms with Crippen molar-refractivity contribution in [3.8, 4) is 0 Å². The van der Waals surface area contributed by atoms with E-state index in [1.165, 1.54) is 0 Å². The largest absolute Gasteiger partial charge is 0.243 e. The number of benzene rings is 1. The summed E-state index contributed by atoms with van der Waals surface area (Å²) in [7, 11) is -3.29. The fraction of sp³-hybridized carbons (Fsp3) is 0.455. The summed E-state index contributed by atoms with van der Waals surface area (Å²) >= 11 is 3.30. The van der Waals surface area contributed by atoms with E-state index in [9.17, 15) is 8.42 Å². The van der Waals surface area contributed by atoms with Gasteiger partial charge in [-0.05, 0) is 44.0 Å². The minimum atomic E-state index is -3.29. The topological polar surface area (TPSA) is 37.4 Å². The van der Waals surface area contributed by atoms with Gasteiger partial charge < -0.3 is 0 Å². The molecule has 2 rings (SSSR count). The molecule has 0 spiro atoms. The highest BCUT2D eigenvalue weighted by atomic mass is 79.9. The molecule has 1 aliphatic rings. The zero-order chi connectivity index (χ0) is 11.8. The van der Waals surface area contributed by atoms with Crippen molar-refractivity contribution in [3.63, 3.8) is 0 Å². The fourth-order valence-electron chi connectivity index (χ4n) is 2.01. The molecule has 1 atom stereocenters. The number of rotatable bonds is 2. The van der Waals surface area contributed by atoms with Gasteiger partial charge in [0, 0.05) is 17.1 Å². The molecule has 0 radical (unpaired) electrons. The van der Waals surface area contributed by atoms with Crippen LogP contribution in [0.15, 0.2) is 33.6 Å². The molecule has 1 aliphatic heterocycles. The molecule has 1 aromatic carbocycles. The zero-order valence-corrected chi connectivity index (χ0v) is 11.5. The Hall–Kier alpha value is -0.390. The fourth-order valence-corrected chi connectivity index (χ4v) is 3.97. The first-order valence-corrected chi connectivity index (χ1v) is 7.52. The summed E-state index contributed by atoms with van der Waals surface area (Å²) in [6, 6.07) is 6.92. The molecule has 0 aliphatic carbocycles. The molecular weight excluding hydrogens is 290 g/mol. The number of nitrogens with zero attached hydrogens (tertiary/aromatic N) is 1. The Kier molecular flexibility index (Phi) is 3.37. The lowest BCUT2D eigenvalue weighted by atomic mass is 10.3. The van der Waals surface area contributed by atoms with Crippen molar-refractivity contribution in [1.82, 2.24) is 4.31 Å². The first-order valence-electron chi connectivity index (χ1n) is 5.29. The van der Waals surface area contributed by atoms with Gasteiger partial charge in [0.1, 0.15) is 0 Å². The molecule has 5 heteroatoms. The molecule has 0 bridgehead atoms. The lowest BCUT2D eigenvalue weighted by Gasteiger charge is -2.20. The molecule has 1 unspecified atom stereocenters. The molecule has 16 heavy (non-hydrogen) atoms. The monoisotopic (exact) mass is 303 g/mol. The van der Waals surface area contributed by atoms with E-state index in [-0.39, 0.29) is 6.04 Å². The molecule has 1 fully saturated rings. The van der Waals surface area contributed by atoms with E-state index >= 15 is 0 Å². The van der Waals surface area contributed by atoms with Crippen LogP contribution in [0.25, 0.3) is 0 Å². The molecule has 0 amide bonds. The van der Waals surface area contributed by atoms with Gasteiger partial charge in [-0.3, -0.25) is 0 Å². The van der Waals surface area contributed by atoms with Crippen molar-refractivity contribution in [2.45, 2.75) is 30.7 Å². The smallest absolute Gasteiger partial charge is 0.207 e. The normalized spacial score (nSPS) is 22.5. The predicted octanol–water partition coefficient (Wildman–Crippen LogP) is 2.62. The van der Waals surface area contributed by atoms with Gasteiger partial charge in [0.05, 0.1) is 4.90 Å². The van der Waals surface area contributed by atoms with Crippen molar-refractivity contribution >= 4 is 26.0 Å². The lowest BCUT2D eigenvalue weighted by Crippen LogP contribution is -2.33. The average molecular weight is 304 g/mol. The third kappa shape index (κ3) is 2.17. The van der Waals surface area contributed by atoms with Crippen LogP contribution in [-0.4, -0.2) is 25.3 Å². The molecular formula is C11H14BrNO2S. The van der Waals surface area contributed by atoms with Gasteiger partial charge in [0.15, 0.2) is 0 Å². The number of hydrogen-bond acceptors (Lipinski definition) is 2. The molecule has 88 valence electrons. The highest BCUT2D eigenvalue weighted by Crippen LogP contribution is 2.26. The van der Waals surface area contributed by atoms with Crippen molar-refractivity contribution < 1.29 is 8.42 Å². The van der Waals surface area contributed by atoms with Crippen molar-refractivity contribution in [3.05, 3.63) is 28.7 Å². The third-order valence-corrected chi connectivity index (χ3v) is 5.47. The number of hydrogen-bond donors (Lipinski definition) is 0. The Morgan fingerprint density at radius 2 is 1.94 bits per heavy atom. The minimum absolute atomic E-state index is 0.119. The van der Waals surface area contributed by atoms with Crippen LogP contribution in [0.4, 0.5) is 0 Å². The second kappa shape index (κ2) is 4.47. The Balaban J connectivity index is 2.35. The Morgan fingerprint density at radius 3 is 2.44 bits per heavy atom. The van der Waals surface area contributed by atoms with Gasteiger partial charge in [0.25, 0.3) is 0 Å². The Morgan fingerprint density at radius 1 is 1.31 bits per heavy atom. The Bertz CT molecular complexity index is 469. The van der Waals surface area contributed by atoms with E-state index in [0.717, 1.165) is 17.3 Å². The maximum absolute atomic E-state index is 12.3. The van der Waals surface area contributed by atoms with Gasteiger partial charge in [-0.1, -0.05) is 15.9 Å². The third-order valence-electron chi connectivity index (χ3n) is 2.91. The summed E-state index contributed by atoms with van der Waals surface area (Å²) in [5.41, 5.74) is 0. The van der Waals surface area contributed by atoms with Crippen molar-refractivity contribution in [2.24, 2.45) is 0 Å². The molecule has 1 aromatic rings. The van der Waals surface area contributed by atoms with Crippen molar-refractivity contribution in [2.75, 3.05) is 6.54 Å². The molecule has 0 saturated carbocycles. The van der Waals surface area contributed by atoms with E-state index in [1.54, 1.807) is 28.6 Å². The molecule has 3 nitrogen and oxygen atoms in total. The van der Waals surface area contributed by atoms with Crippen LogP contribution in [0, 0.1) is 0 Å². The second-order valence-corrected chi connectivity index (χ2v) is 6.87. The minimum Gasteiger partial charge on any atom is -0.207 e. The van der Waals surface area contributed by atoms with E-state index in [2.05, 4.69) is 15.9 Å². The van der Waals surface area contributed by atoms with Crippen molar-refractivity contribution in [1.29, 1.82) is 0 Å². The molecule has 0 aromatic heterocycles. The van der Waals surface area contributed by atoms with Gasteiger partial charge >= 0.3 is 0 Å². The van der Waals surface area contributed by atoms with Crippen LogP contribution >= 0.6 is 15.9 Å². The predicted molar refractivity (Wildman–Crippen MR) is 66.7 cm³/mol. The standard InChI is InChI=1S/C11H14BrNO2S/c1-9-3-2-8-13(9)16(14,15)11-6-4-10(12)5-7-11/h4-7,9H,2-3,8H2,1H3. The summed E-state index contributed by atoms with van der Waals surface area (Å²) < 4.78 is 27.0. The summed E-state index contributed by atoms with van der Waals surface area (Å²) in [4.78, 5) is 0.379. The molecule has 1 saturated heterocycles.